The zero-order chi connectivity index (χ0) is 17.8. The molecular weight excluding hydrogens is 310 g/mol. The molecule has 0 unspecified atom stereocenters. The minimum absolute atomic E-state index is 0.687. The summed E-state index contributed by atoms with van der Waals surface area (Å²) in [5, 5.41) is 8.99. The summed E-state index contributed by atoms with van der Waals surface area (Å²) in [6.45, 7) is 0.687. The van der Waals surface area contributed by atoms with Crippen LogP contribution in [0, 0.1) is 0 Å². The van der Waals surface area contributed by atoms with Gasteiger partial charge in [0.25, 0.3) is 0 Å². The molecule has 0 bridgehead atoms. The van der Waals surface area contributed by atoms with Gasteiger partial charge in [-0.1, -0.05) is 65.9 Å². The standard InChI is InChI=1S/C20H24N5/c1-23(2)20(24(3)4)18-19(17-13-9-6-10-14-17)25(22-21-18)15-16-11-7-5-8-12-16/h5-14H,15H2,1-4H3/q+1. The van der Waals surface area contributed by atoms with E-state index in [-0.39, 0.29) is 0 Å². The quantitative estimate of drug-likeness (QED) is 0.418. The van der Waals surface area contributed by atoms with Crippen molar-refractivity contribution >= 4 is 5.84 Å². The number of hydrogen-bond acceptors (Lipinski definition) is 2. The summed E-state index contributed by atoms with van der Waals surface area (Å²) < 4.78 is 4.05. The Labute approximate surface area is 148 Å². The van der Waals surface area contributed by atoms with Gasteiger partial charge in [-0.25, -0.2) is 4.68 Å². The van der Waals surface area contributed by atoms with Crippen LogP contribution in [0.4, 0.5) is 0 Å². The van der Waals surface area contributed by atoms with Gasteiger partial charge in [-0.3, -0.25) is 9.48 Å². The summed E-state index contributed by atoms with van der Waals surface area (Å²) in [7, 11) is 8.11. The van der Waals surface area contributed by atoms with Gasteiger partial charge in [0.05, 0.1) is 34.7 Å². The second-order valence-corrected chi connectivity index (χ2v) is 6.41. The summed E-state index contributed by atoms with van der Waals surface area (Å²) in [5.74, 6) is 1.03. The second-order valence-electron chi connectivity index (χ2n) is 6.41. The zero-order valence-corrected chi connectivity index (χ0v) is 15.2. The Balaban J connectivity index is 2.16. The Morgan fingerprint density at radius 1 is 0.960 bits per heavy atom. The number of rotatable bonds is 4. The highest BCUT2D eigenvalue weighted by Crippen LogP contribution is 2.24. The van der Waals surface area contributed by atoms with E-state index in [9.17, 15) is 0 Å². The van der Waals surface area contributed by atoms with Gasteiger partial charge < -0.3 is 0 Å². The molecule has 5 heteroatoms. The lowest BCUT2D eigenvalue weighted by Gasteiger charge is -2.12. The van der Waals surface area contributed by atoms with Crippen LogP contribution in [-0.4, -0.2) is 58.5 Å². The van der Waals surface area contributed by atoms with Crippen molar-refractivity contribution in [3.05, 3.63) is 71.9 Å². The van der Waals surface area contributed by atoms with Crippen LogP contribution in [0.15, 0.2) is 60.7 Å². The third-order valence-electron chi connectivity index (χ3n) is 4.02. The van der Waals surface area contributed by atoms with Crippen molar-refractivity contribution in [2.24, 2.45) is 0 Å². The summed E-state index contributed by atoms with van der Waals surface area (Å²) in [6, 6.07) is 20.7. The fourth-order valence-corrected chi connectivity index (χ4v) is 3.04. The second kappa shape index (κ2) is 7.30. The third kappa shape index (κ3) is 3.60. The fraction of sp³-hybridized carbons (Fsp3) is 0.250. The van der Waals surface area contributed by atoms with Crippen molar-refractivity contribution in [3.8, 4) is 11.3 Å². The molecule has 0 spiro atoms. The molecule has 0 fully saturated rings. The number of amidine groups is 1. The van der Waals surface area contributed by atoms with Crippen molar-refractivity contribution in [2.75, 3.05) is 28.2 Å². The average Bonchev–Trinajstić information content (AvgIpc) is 2.99. The maximum absolute atomic E-state index is 4.52. The van der Waals surface area contributed by atoms with E-state index in [1.165, 1.54) is 5.56 Å². The third-order valence-corrected chi connectivity index (χ3v) is 4.02. The molecule has 0 saturated heterocycles. The number of benzene rings is 2. The lowest BCUT2D eigenvalue weighted by Crippen LogP contribution is -2.31. The molecule has 1 heterocycles. The van der Waals surface area contributed by atoms with E-state index in [0.29, 0.717) is 6.54 Å². The first-order valence-electron chi connectivity index (χ1n) is 8.32. The molecule has 0 atom stereocenters. The fourth-order valence-electron chi connectivity index (χ4n) is 3.04. The van der Waals surface area contributed by atoms with Crippen LogP contribution in [0.1, 0.15) is 11.3 Å². The van der Waals surface area contributed by atoms with Crippen molar-refractivity contribution in [2.45, 2.75) is 6.54 Å². The average molecular weight is 334 g/mol. The lowest BCUT2D eigenvalue weighted by molar-refractivity contribution is -0.469. The molecule has 0 aliphatic carbocycles. The van der Waals surface area contributed by atoms with Gasteiger partial charge in [0.1, 0.15) is 5.69 Å². The molecule has 0 amide bonds. The van der Waals surface area contributed by atoms with E-state index in [2.05, 4.69) is 44.1 Å². The molecule has 0 aliphatic heterocycles. The molecule has 3 aromatic rings. The molecule has 5 nitrogen and oxygen atoms in total. The first kappa shape index (κ1) is 16.9. The molecule has 25 heavy (non-hydrogen) atoms. The molecule has 2 aromatic carbocycles. The highest BCUT2D eigenvalue weighted by atomic mass is 15.4. The monoisotopic (exact) mass is 334 g/mol. The Morgan fingerprint density at radius 3 is 2.12 bits per heavy atom. The molecular formula is C20H24N5+. The van der Waals surface area contributed by atoms with Gasteiger partial charge in [0.15, 0.2) is 0 Å². The SMILES string of the molecule is CN(C)C(c1nnn(Cc2ccccc2)c1-c1ccccc1)=[N+](C)C. The number of hydrogen-bond donors (Lipinski definition) is 0. The van der Waals surface area contributed by atoms with E-state index in [1.54, 1.807) is 0 Å². The van der Waals surface area contributed by atoms with E-state index >= 15 is 0 Å². The maximum Gasteiger partial charge on any atom is 0.301 e. The predicted octanol–water partition coefficient (Wildman–Crippen LogP) is 2.57. The van der Waals surface area contributed by atoms with Gasteiger partial charge in [0.2, 0.25) is 5.69 Å². The van der Waals surface area contributed by atoms with Crippen LogP contribution in [0.2, 0.25) is 0 Å². The summed E-state index contributed by atoms with van der Waals surface area (Å²) in [5.41, 5.74) is 4.23. The van der Waals surface area contributed by atoms with Crippen molar-refractivity contribution in [1.29, 1.82) is 0 Å². The molecule has 1 aromatic heterocycles. The largest absolute Gasteiger partial charge is 0.301 e. The number of nitrogens with zero attached hydrogens (tertiary/aromatic N) is 5. The van der Waals surface area contributed by atoms with Crippen LogP contribution in [0.25, 0.3) is 11.3 Å². The molecule has 0 saturated carbocycles. The van der Waals surface area contributed by atoms with Crippen molar-refractivity contribution < 1.29 is 4.58 Å². The van der Waals surface area contributed by atoms with Gasteiger partial charge in [-0.05, 0) is 5.56 Å². The molecule has 0 aliphatic rings. The Morgan fingerprint density at radius 2 is 1.56 bits per heavy atom. The van der Waals surface area contributed by atoms with E-state index in [1.807, 2.05) is 69.3 Å². The molecule has 3 rings (SSSR count). The molecule has 128 valence electrons. The smallest absolute Gasteiger partial charge is 0.265 e. The summed E-state index contributed by atoms with van der Waals surface area (Å²) in [4.78, 5) is 2.07. The molecule has 0 N–H and O–H groups in total. The summed E-state index contributed by atoms with van der Waals surface area (Å²) >= 11 is 0. The van der Waals surface area contributed by atoms with Crippen LogP contribution in [-0.2, 0) is 6.54 Å². The Kier molecular flexibility index (Phi) is 4.93. The normalized spacial score (nSPS) is 10.6. The highest BCUT2D eigenvalue weighted by Gasteiger charge is 2.26. The lowest BCUT2D eigenvalue weighted by atomic mass is 10.1. The zero-order valence-electron chi connectivity index (χ0n) is 15.2. The predicted molar refractivity (Wildman–Crippen MR) is 101 cm³/mol. The Bertz CT molecular complexity index is 860. The minimum Gasteiger partial charge on any atom is -0.265 e. The first-order chi connectivity index (χ1) is 12.1. The number of aromatic nitrogens is 3. The van der Waals surface area contributed by atoms with Gasteiger partial charge >= 0.3 is 5.84 Å². The topological polar surface area (TPSA) is 37.0 Å². The molecule has 0 radical (unpaired) electrons. The van der Waals surface area contributed by atoms with Crippen LogP contribution in [0.5, 0.6) is 0 Å². The maximum atomic E-state index is 4.52. The van der Waals surface area contributed by atoms with Crippen LogP contribution < -0.4 is 0 Å². The van der Waals surface area contributed by atoms with E-state index in [4.69, 9.17) is 0 Å². The Hall–Kier alpha value is -2.95. The van der Waals surface area contributed by atoms with E-state index < -0.39 is 0 Å². The first-order valence-corrected chi connectivity index (χ1v) is 8.32. The highest BCUT2D eigenvalue weighted by molar-refractivity contribution is 5.98. The van der Waals surface area contributed by atoms with Gasteiger partial charge in [-0.2, -0.15) is 0 Å². The van der Waals surface area contributed by atoms with E-state index in [0.717, 1.165) is 22.8 Å². The van der Waals surface area contributed by atoms with Crippen LogP contribution in [0.3, 0.4) is 0 Å². The van der Waals surface area contributed by atoms with Gasteiger partial charge in [0, 0.05) is 5.56 Å². The van der Waals surface area contributed by atoms with Gasteiger partial charge in [-0.15, -0.1) is 5.10 Å². The van der Waals surface area contributed by atoms with Crippen molar-refractivity contribution in [1.82, 2.24) is 19.9 Å². The minimum atomic E-state index is 0.687. The summed E-state index contributed by atoms with van der Waals surface area (Å²) in [6.07, 6.45) is 0. The van der Waals surface area contributed by atoms with Crippen molar-refractivity contribution in [3.63, 3.8) is 0 Å². The van der Waals surface area contributed by atoms with Crippen LogP contribution >= 0.6 is 0 Å².